The fourth-order valence-electron chi connectivity index (χ4n) is 2.04. The molecule has 0 aliphatic rings. The molecule has 2 N–H and O–H groups in total. The van der Waals surface area contributed by atoms with Gasteiger partial charge in [-0.2, -0.15) is 0 Å². The Morgan fingerprint density at radius 2 is 1.96 bits per heavy atom. The number of carbonyl (C=O) groups is 1. The molecule has 6 nitrogen and oxygen atoms in total. The van der Waals surface area contributed by atoms with E-state index in [9.17, 15) is 4.79 Å². The first-order chi connectivity index (χ1) is 11.5. The van der Waals surface area contributed by atoms with Gasteiger partial charge in [-0.25, -0.2) is 9.97 Å². The number of anilines is 1. The lowest BCUT2D eigenvalue weighted by atomic mass is 10.2. The number of hydrogen-bond acceptors (Lipinski definition) is 5. The first-order valence-electron chi connectivity index (χ1n) is 7.79. The Kier molecular flexibility index (Phi) is 6.96. The minimum atomic E-state index is -0.233. The molecule has 0 fully saturated rings. The van der Waals surface area contributed by atoms with Gasteiger partial charge in [0.15, 0.2) is 0 Å². The Hall–Kier alpha value is -2.18. The molecule has 0 saturated heterocycles. The van der Waals surface area contributed by atoms with Crippen LogP contribution in [0.25, 0.3) is 0 Å². The molecule has 0 saturated carbocycles. The topological polar surface area (TPSA) is 70.2 Å². The maximum absolute atomic E-state index is 12.2. The largest absolute Gasteiger partial charge is 0.354 e. The van der Waals surface area contributed by atoms with Crippen LogP contribution in [-0.2, 0) is 6.54 Å². The zero-order chi connectivity index (χ0) is 17.4. The lowest BCUT2D eigenvalue weighted by molar-refractivity contribution is 0.0946. The van der Waals surface area contributed by atoms with E-state index in [-0.39, 0.29) is 5.91 Å². The predicted octanol–water partition coefficient (Wildman–Crippen LogP) is 2.42. The van der Waals surface area contributed by atoms with Crippen molar-refractivity contribution in [3.8, 4) is 0 Å². The fourth-order valence-corrected chi connectivity index (χ4v) is 2.17. The molecule has 1 amide bonds. The number of hydrogen-bond donors (Lipinski definition) is 2. The highest BCUT2D eigenvalue weighted by atomic mass is 35.5. The molecule has 0 aliphatic carbocycles. The number of halogens is 1. The third-order valence-electron chi connectivity index (χ3n) is 3.32. The molecule has 7 heteroatoms. The van der Waals surface area contributed by atoms with Crippen molar-refractivity contribution in [3.05, 3.63) is 52.8 Å². The molecule has 0 atom stereocenters. The average Bonchev–Trinajstić information content (AvgIpc) is 2.58. The monoisotopic (exact) mass is 347 g/mol. The van der Waals surface area contributed by atoms with Crippen molar-refractivity contribution >= 4 is 23.5 Å². The van der Waals surface area contributed by atoms with Gasteiger partial charge in [0.05, 0.1) is 0 Å². The van der Waals surface area contributed by atoms with E-state index in [1.54, 1.807) is 24.4 Å². The summed E-state index contributed by atoms with van der Waals surface area (Å²) in [6.07, 6.45) is 2.56. The van der Waals surface area contributed by atoms with Gasteiger partial charge in [0.1, 0.15) is 5.69 Å². The molecule has 2 rings (SSSR count). The molecule has 128 valence electrons. The number of amides is 1. The van der Waals surface area contributed by atoms with Gasteiger partial charge in [0, 0.05) is 24.3 Å². The van der Waals surface area contributed by atoms with E-state index >= 15 is 0 Å². The third-order valence-corrected chi connectivity index (χ3v) is 3.57. The number of rotatable bonds is 8. The summed E-state index contributed by atoms with van der Waals surface area (Å²) < 4.78 is 0. The first kappa shape index (κ1) is 18.2. The second kappa shape index (κ2) is 9.20. The highest BCUT2D eigenvalue weighted by Crippen LogP contribution is 2.09. The molecule has 0 bridgehead atoms. The Morgan fingerprint density at radius 1 is 1.21 bits per heavy atom. The van der Waals surface area contributed by atoms with E-state index in [1.807, 2.05) is 26.2 Å². The van der Waals surface area contributed by atoms with Gasteiger partial charge >= 0.3 is 0 Å². The van der Waals surface area contributed by atoms with Gasteiger partial charge in [0.25, 0.3) is 5.91 Å². The van der Waals surface area contributed by atoms with Gasteiger partial charge < -0.3 is 15.5 Å². The summed E-state index contributed by atoms with van der Waals surface area (Å²) in [6, 6.07) is 8.94. The van der Waals surface area contributed by atoms with Crippen LogP contribution in [0.3, 0.4) is 0 Å². The van der Waals surface area contributed by atoms with Crippen LogP contribution < -0.4 is 10.6 Å². The van der Waals surface area contributed by atoms with Crippen LogP contribution in [0.2, 0.25) is 5.02 Å². The summed E-state index contributed by atoms with van der Waals surface area (Å²) in [4.78, 5) is 22.7. The second-order valence-electron chi connectivity index (χ2n) is 5.66. The van der Waals surface area contributed by atoms with E-state index in [0.29, 0.717) is 23.2 Å². The van der Waals surface area contributed by atoms with Crippen molar-refractivity contribution < 1.29 is 4.79 Å². The summed E-state index contributed by atoms with van der Waals surface area (Å²) in [5, 5.41) is 6.64. The maximum Gasteiger partial charge on any atom is 0.270 e. The van der Waals surface area contributed by atoms with Crippen LogP contribution in [0, 0.1) is 0 Å². The van der Waals surface area contributed by atoms with E-state index < -0.39 is 0 Å². The van der Waals surface area contributed by atoms with Gasteiger partial charge in [0.2, 0.25) is 5.95 Å². The molecule has 24 heavy (non-hydrogen) atoms. The molecule has 0 spiro atoms. The summed E-state index contributed by atoms with van der Waals surface area (Å²) in [7, 11) is 4.06. The van der Waals surface area contributed by atoms with Gasteiger partial charge in [-0.1, -0.05) is 23.7 Å². The molecule has 0 aliphatic heterocycles. The molecule has 1 aromatic carbocycles. The van der Waals surface area contributed by atoms with Crippen LogP contribution in [0.1, 0.15) is 22.5 Å². The lowest BCUT2D eigenvalue weighted by Crippen LogP contribution is -2.24. The molecule has 0 radical (unpaired) electrons. The maximum atomic E-state index is 12.2. The summed E-state index contributed by atoms with van der Waals surface area (Å²) in [6.45, 7) is 2.16. The number of benzene rings is 1. The molecule has 1 aromatic heterocycles. The Morgan fingerprint density at radius 3 is 2.67 bits per heavy atom. The van der Waals surface area contributed by atoms with Crippen LogP contribution in [-0.4, -0.2) is 48.0 Å². The van der Waals surface area contributed by atoms with Crippen molar-refractivity contribution in [2.24, 2.45) is 0 Å². The Labute approximate surface area is 147 Å². The van der Waals surface area contributed by atoms with Gasteiger partial charge in [-0.05, 0) is 50.8 Å². The third kappa shape index (κ3) is 6.14. The molecular formula is C17H22ClN5O. The highest BCUT2D eigenvalue weighted by Gasteiger charge is 2.08. The molecular weight excluding hydrogens is 326 g/mol. The van der Waals surface area contributed by atoms with Crippen molar-refractivity contribution in [1.82, 2.24) is 20.2 Å². The zero-order valence-corrected chi connectivity index (χ0v) is 14.7. The van der Waals surface area contributed by atoms with E-state index in [1.165, 1.54) is 0 Å². The summed E-state index contributed by atoms with van der Waals surface area (Å²) in [5.74, 6) is 0.233. The normalized spacial score (nSPS) is 10.7. The highest BCUT2D eigenvalue weighted by molar-refractivity contribution is 6.30. The van der Waals surface area contributed by atoms with Crippen molar-refractivity contribution in [2.75, 3.05) is 32.5 Å². The van der Waals surface area contributed by atoms with E-state index in [4.69, 9.17) is 11.6 Å². The van der Waals surface area contributed by atoms with Crippen LogP contribution in [0.4, 0.5) is 5.95 Å². The predicted molar refractivity (Wildman–Crippen MR) is 96.3 cm³/mol. The zero-order valence-electron chi connectivity index (χ0n) is 13.9. The average molecular weight is 348 g/mol. The number of nitrogens with one attached hydrogen (secondary N) is 2. The standard InChI is InChI=1S/C17H22ClN5O/c1-23(2)11-3-9-19-17-20-10-8-15(22-17)16(24)21-12-13-4-6-14(18)7-5-13/h4-8,10H,3,9,11-12H2,1-2H3,(H,21,24)(H,19,20,22). The van der Waals surface area contributed by atoms with Crippen molar-refractivity contribution in [1.29, 1.82) is 0 Å². The molecule has 2 aromatic rings. The van der Waals surface area contributed by atoms with Gasteiger partial charge in [-0.3, -0.25) is 4.79 Å². The quantitative estimate of drug-likeness (QED) is 0.718. The number of aromatic nitrogens is 2. The van der Waals surface area contributed by atoms with Crippen molar-refractivity contribution in [2.45, 2.75) is 13.0 Å². The van der Waals surface area contributed by atoms with E-state index in [0.717, 1.165) is 25.1 Å². The molecule has 1 heterocycles. The SMILES string of the molecule is CN(C)CCCNc1nccc(C(=O)NCc2ccc(Cl)cc2)n1. The van der Waals surface area contributed by atoms with Crippen LogP contribution >= 0.6 is 11.6 Å². The van der Waals surface area contributed by atoms with Crippen LogP contribution in [0.15, 0.2) is 36.5 Å². The number of carbonyl (C=O) groups excluding carboxylic acids is 1. The fraction of sp³-hybridized carbons (Fsp3) is 0.353. The van der Waals surface area contributed by atoms with Crippen LogP contribution in [0.5, 0.6) is 0 Å². The second-order valence-corrected chi connectivity index (χ2v) is 6.09. The van der Waals surface area contributed by atoms with E-state index in [2.05, 4.69) is 25.5 Å². The number of nitrogens with zero attached hydrogens (tertiary/aromatic N) is 3. The minimum absolute atomic E-state index is 0.233. The van der Waals surface area contributed by atoms with Gasteiger partial charge in [-0.15, -0.1) is 0 Å². The molecule has 0 unspecified atom stereocenters. The first-order valence-corrected chi connectivity index (χ1v) is 8.16. The Balaban J connectivity index is 1.85. The summed E-state index contributed by atoms with van der Waals surface area (Å²) >= 11 is 5.84. The minimum Gasteiger partial charge on any atom is -0.354 e. The Bertz CT molecular complexity index is 660. The summed E-state index contributed by atoms with van der Waals surface area (Å²) in [5.41, 5.74) is 1.32. The lowest BCUT2D eigenvalue weighted by Gasteiger charge is -2.10. The van der Waals surface area contributed by atoms with Crippen molar-refractivity contribution in [3.63, 3.8) is 0 Å². The smallest absolute Gasteiger partial charge is 0.270 e.